The van der Waals surface area contributed by atoms with Gasteiger partial charge in [0.1, 0.15) is 5.75 Å². The molecule has 0 aromatic heterocycles. The van der Waals surface area contributed by atoms with E-state index in [4.69, 9.17) is 4.74 Å². The van der Waals surface area contributed by atoms with Crippen LogP contribution in [0.25, 0.3) is 0 Å². The number of hydrogen-bond donors (Lipinski definition) is 1. The van der Waals surface area contributed by atoms with Crippen molar-refractivity contribution in [3.63, 3.8) is 0 Å². The first-order valence-corrected chi connectivity index (χ1v) is 10.5. The van der Waals surface area contributed by atoms with Gasteiger partial charge in [0.25, 0.3) is 5.91 Å². The maximum Gasteiger partial charge on any atom is 0.253 e. The summed E-state index contributed by atoms with van der Waals surface area (Å²) in [5, 5.41) is 11.2. The summed E-state index contributed by atoms with van der Waals surface area (Å²) in [5.74, 6) is 0.101. The molecule has 0 unspecified atom stereocenters. The minimum atomic E-state index is -0.977. The number of likely N-dealkylation sites (tertiary alicyclic amines) is 2. The number of rotatable bonds is 7. The van der Waals surface area contributed by atoms with Crippen LogP contribution < -0.4 is 14.7 Å². The van der Waals surface area contributed by atoms with Crippen molar-refractivity contribution in [3.8, 4) is 5.75 Å². The van der Waals surface area contributed by atoms with Gasteiger partial charge in [0.2, 0.25) is 0 Å². The SMILES string of the molecule is COc1ccc(C(=O)N2CC[C@@H](CC(=O)[O-])[C@@H](CC[NH+]3CCCCC3)C2)cc1. The minimum Gasteiger partial charge on any atom is -0.550 e. The molecule has 0 saturated carbocycles. The molecule has 2 fully saturated rings. The maximum absolute atomic E-state index is 12.9. The minimum absolute atomic E-state index is 0.0184. The predicted molar refractivity (Wildman–Crippen MR) is 104 cm³/mol. The lowest BCUT2D eigenvalue weighted by Gasteiger charge is -2.39. The molecule has 2 saturated heterocycles. The average molecular weight is 389 g/mol. The van der Waals surface area contributed by atoms with Gasteiger partial charge in [0, 0.05) is 31.0 Å². The van der Waals surface area contributed by atoms with E-state index in [0.29, 0.717) is 18.7 Å². The largest absolute Gasteiger partial charge is 0.550 e. The van der Waals surface area contributed by atoms with Gasteiger partial charge in [0.05, 0.1) is 26.7 Å². The zero-order valence-corrected chi connectivity index (χ0v) is 16.8. The number of carbonyl (C=O) groups excluding carboxylic acids is 2. The smallest absolute Gasteiger partial charge is 0.253 e. The summed E-state index contributed by atoms with van der Waals surface area (Å²) in [7, 11) is 1.60. The molecule has 3 rings (SSSR count). The summed E-state index contributed by atoms with van der Waals surface area (Å²) < 4.78 is 5.16. The second-order valence-electron chi connectivity index (χ2n) is 8.21. The summed E-state index contributed by atoms with van der Waals surface area (Å²) in [6.45, 7) is 4.74. The van der Waals surface area contributed by atoms with Crippen molar-refractivity contribution in [1.29, 1.82) is 0 Å². The fourth-order valence-electron chi connectivity index (χ4n) is 4.68. The zero-order chi connectivity index (χ0) is 19.9. The number of methoxy groups -OCH3 is 1. The normalized spacial score (nSPS) is 23.4. The third kappa shape index (κ3) is 5.47. The summed E-state index contributed by atoms with van der Waals surface area (Å²) in [6, 6.07) is 7.18. The second-order valence-corrected chi connectivity index (χ2v) is 8.21. The molecule has 1 aromatic carbocycles. The molecule has 2 aliphatic rings. The van der Waals surface area contributed by atoms with Crippen molar-refractivity contribution in [2.45, 2.75) is 38.5 Å². The number of nitrogens with one attached hydrogen (secondary N) is 1. The van der Waals surface area contributed by atoms with Gasteiger partial charge in [-0.1, -0.05) is 0 Å². The summed E-state index contributed by atoms with van der Waals surface area (Å²) in [4.78, 5) is 27.7. The Hall–Kier alpha value is -2.08. The molecular weight excluding hydrogens is 356 g/mol. The zero-order valence-electron chi connectivity index (χ0n) is 16.8. The molecule has 28 heavy (non-hydrogen) atoms. The molecule has 0 radical (unpaired) electrons. The molecule has 0 bridgehead atoms. The highest BCUT2D eigenvalue weighted by atomic mass is 16.5. The first-order chi connectivity index (χ1) is 13.6. The van der Waals surface area contributed by atoms with E-state index >= 15 is 0 Å². The Kier molecular flexibility index (Phi) is 7.31. The lowest BCUT2D eigenvalue weighted by atomic mass is 9.80. The molecule has 2 aliphatic heterocycles. The first kappa shape index (κ1) is 20.6. The Morgan fingerprint density at radius 1 is 1.14 bits per heavy atom. The van der Waals surface area contributed by atoms with Crippen molar-refractivity contribution in [3.05, 3.63) is 29.8 Å². The van der Waals surface area contributed by atoms with Crippen LogP contribution in [0.4, 0.5) is 0 Å². The predicted octanol–water partition coefficient (Wildman–Crippen LogP) is 0.372. The third-order valence-electron chi connectivity index (χ3n) is 6.37. The molecule has 2 heterocycles. The van der Waals surface area contributed by atoms with Crippen LogP contribution in [0.1, 0.15) is 48.9 Å². The Bertz CT molecular complexity index is 655. The van der Waals surface area contributed by atoms with Gasteiger partial charge in [0.15, 0.2) is 0 Å². The Labute approximate surface area is 167 Å². The topological polar surface area (TPSA) is 74.1 Å². The standard InChI is InChI=1S/C22H32N2O4/c1-28-20-7-5-17(6-8-20)22(27)24-14-10-18(15-21(25)26)19(16-24)9-13-23-11-3-2-4-12-23/h5-8,18-19H,2-4,9-16H2,1H3,(H,25,26)/t18-,19-/m0/s1. The van der Waals surface area contributed by atoms with Gasteiger partial charge in [-0.3, -0.25) is 4.79 Å². The summed E-state index contributed by atoms with van der Waals surface area (Å²) in [5.41, 5.74) is 0.652. The molecule has 2 atom stereocenters. The summed E-state index contributed by atoms with van der Waals surface area (Å²) >= 11 is 0. The van der Waals surface area contributed by atoms with Crippen LogP contribution in [0.15, 0.2) is 24.3 Å². The van der Waals surface area contributed by atoms with Crippen LogP contribution in [-0.2, 0) is 4.79 Å². The molecule has 6 heteroatoms. The van der Waals surface area contributed by atoms with Gasteiger partial charge in [-0.15, -0.1) is 0 Å². The van der Waals surface area contributed by atoms with Gasteiger partial charge in [-0.2, -0.15) is 0 Å². The highest BCUT2D eigenvalue weighted by molar-refractivity contribution is 5.94. The number of nitrogens with zero attached hydrogens (tertiary/aromatic N) is 1. The highest BCUT2D eigenvalue weighted by Crippen LogP contribution is 2.29. The number of carboxylic acid groups (broad SMARTS) is 1. The Balaban J connectivity index is 1.63. The maximum atomic E-state index is 12.9. The molecule has 1 aromatic rings. The fraction of sp³-hybridized carbons (Fsp3) is 0.636. The van der Waals surface area contributed by atoms with Gasteiger partial charge >= 0.3 is 0 Å². The van der Waals surface area contributed by atoms with Crippen LogP contribution in [0.3, 0.4) is 0 Å². The third-order valence-corrected chi connectivity index (χ3v) is 6.37. The molecule has 0 spiro atoms. The number of aliphatic carboxylic acids is 1. The number of piperidine rings is 2. The van der Waals surface area contributed by atoms with E-state index in [1.165, 1.54) is 32.4 Å². The molecule has 1 N–H and O–H groups in total. The monoisotopic (exact) mass is 388 g/mol. The van der Waals surface area contributed by atoms with Gasteiger partial charge in [-0.25, -0.2) is 0 Å². The van der Waals surface area contributed by atoms with Crippen molar-refractivity contribution < 1.29 is 24.3 Å². The average Bonchev–Trinajstić information content (AvgIpc) is 2.73. The van der Waals surface area contributed by atoms with E-state index in [1.54, 1.807) is 36.3 Å². The van der Waals surface area contributed by atoms with Crippen molar-refractivity contribution in [2.75, 3.05) is 39.8 Å². The number of hydrogen-bond acceptors (Lipinski definition) is 4. The number of ether oxygens (including phenoxy) is 1. The van der Waals surface area contributed by atoms with Crippen LogP contribution in [0, 0.1) is 11.8 Å². The molecule has 154 valence electrons. The summed E-state index contributed by atoms with van der Waals surface area (Å²) in [6.07, 6.45) is 5.69. The molecule has 1 amide bonds. The number of benzene rings is 1. The van der Waals surface area contributed by atoms with E-state index < -0.39 is 5.97 Å². The highest BCUT2D eigenvalue weighted by Gasteiger charge is 2.32. The van der Waals surface area contributed by atoms with Crippen molar-refractivity contribution in [2.24, 2.45) is 11.8 Å². The van der Waals surface area contributed by atoms with Crippen LogP contribution in [0.2, 0.25) is 0 Å². The van der Waals surface area contributed by atoms with E-state index in [1.807, 2.05) is 4.90 Å². The van der Waals surface area contributed by atoms with Crippen LogP contribution in [-0.4, -0.2) is 56.6 Å². The van der Waals surface area contributed by atoms with E-state index in [9.17, 15) is 14.7 Å². The molecule has 6 nitrogen and oxygen atoms in total. The van der Waals surface area contributed by atoms with E-state index in [-0.39, 0.29) is 24.2 Å². The Morgan fingerprint density at radius 2 is 1.86 bits per heavy atom. The second kappa shape index (κ2) is 9.92. The molecule has 0 aliphatic carbocycles. The number of carboxylic acids is 1. The Morgan fingerprint density at radius 3 is 2.50 bits per heavy atom. The van der Waals surface area contributed by atoms with Gasteiger partial charge in [-0.05, 0) is 68.2 Å². The number of quaternary nitrogens is 1. The lowest BCUT2D eigenvalue weighted by Crippen LogP contribution is -3.12. The van der Waals surface area contributed by atoms with E-state index in [0.717, 1.165) is 25.1 Å². The lowest BCUT2D eigenvalue weighted by molar-refractivity contribution is -0.905. The number of carbonyl (C=O) groups is 2. The molecular formula is C22H32N2O4. The van der Waals surface area contributed by atoms with Crippen LogP contribution in [0.5, 0.6) is 5.75 Å². The quantitative estimate of drug-likeness (QED) is 0.733. The number of amides is 1. The van der Waals surface area contributed by atoms with Crippen molar-refractivity contribution in [1.82, 2.24) is 4.90 Å². The fourth-order valence-corrected chi connectivity index (χ4v) is 4.68. The van der Waals surface area contributed by atoms with Crippen LogP contribution >= 0.6 is 0 Å². The first-order valence-electron chi connectivity index (χ1n) is 10.5. The van der Waals surface area contributed by atoms with Gasteiger partial charge < -0.3 is 24.4 Å². The van der Waals surface area contributed by atoms with Crippen molar-refractivity contribution >= 4 is 11.9 Å². The van der Waals surface area contributed by atoms with E-state index in [2.05, 4.69) is 0 Å².